The lowest BCUT2D eigenvalue weighted by molar-refractivity contribution is 0.0485. The highest BCUT2D eigenvalue weighted by Crippen LogP contribution is 2.23. The molecule has 1 N–H and O–H groups in total. The molecule has 1 atom stereocenters. The van der Waals surface area contributed by atoms with E-state index in [1.165, 1.54) is 0 Å². The van der Waals surface area contributed by atoms with Crippen molar-refractivity contribution in [2.75, 3.05) is 6.61 Å². The van der Waals surface area contributed by atoms with Gasteiger partial charge in [-0.2, -0.15) is 0 Å². The Labute approximate surface area is 83.0 Å². The van der Waals surface area contributed by atoms with Crippen LogP contribution in [0.3, 0.4) is 0 Å². The number of rotatable bonds is 5. The summed E-state index contributed by atoms with van der Waals surface area (Å²) < 4.78 is 5.35. The van der Waals surface area contributed by atoms with Crippen LogP contribution in [-0.2, 0) is 4.74 Å². The molecule has 0 bridgehead atoms. The monoisotopic (exact) mass is 203 g/mol. The van der Waals surface area contributed by atoms with Gasteiger partial charge in [0.25, 0.3) is 5.18 Å². The van der Waals surface area contributed by atoms with Gasteiger partial charge in [0.1, 0.15) is 0 Å². The molecule has 0 fully saturated rings. The summed E-state index contributed by atoms with van der Waals surface area (Å²) in [4.78, 5) is 0. The van der Waals surface area contributed by atoms with Crippen molar-refractivity contribution < 1.29 is 4.74 Å². The average Bonchev–Trinajstić information content (AvgIpc) is 2.14. The van der Waals surface area contributed by atoms with E-state index in [-0.39, 0.29) is 0 Å². The van der Waals surface area contributed by atoms with Crippen LogP contribution in [0.1, 0.15) is 26.2 Å². The molecular formula is C8H14ClN3O. The molecule has 0 spiro atoms. The molecule has 0 amide bonds. The van der Waals surface area contributed by atoms with Gasteiger partial charge in [0.05, 0.1) is 6.61 Å². The van der Waals surface area contributed by atoms with Gasteiger partial charge in [-0.05, 0) is 6.42 Å². The second kappa shape index (κ2) is 5.19. The normalized spacial score (nSPS) is 26.0. The number of alkyl halides is 1. The Morgan fingerprint density at radius 1 is 1.54 bits per heavy atom. The molecule has 4 nitrogen and oxygen atoms in total. The van der Waals surface area contributed by atoms with E-state index in [1.54, 1.807) is 12.3 Å². The van der Waals surface area contributed by atoms with Crippen molar-refractivity contribution in [2.24, 2.45) is 10.3 Å². The van der Waals surface area contributed by atoms with Gasteiger partial charge in [0.2, 0.25) is 0 Å². The van der Waals surface area contributed by atoms with Gasteiger partial charge < -0.3 is 4.74 Å². The maximum absolute atomic E-state index is 5.94. The molecular weight excluding hydrogens is 190 g/mol. The van der Waals surface area contributed by atoms with Crippen LogP contribution in [0.4, 0.5) is 0 Å². The number of ether oxygens (including phenoxy) is 1. The lowest BCUT2D eigenvalue weighted by Crippen LogP contribution is -2.24. The average molecular weight is 204 g/mol. The van der Waals surface area contributed by atoms with Gasteiger partial charge in [0.15, 0.2) is 0 Å². The van der Waals surface area contributed by atoms with Gasteiger partial charge in [-0.1, -0.05) is 36.6 Å². The van der Waals surface area contributed by atoms with Crippen molar-refractivity contribution in [1.82, 2.24) is 5.43 Å². The Bertz CT molecular complexity index is 194. The maximum Gasteiger partial charge on any atom is 0.279 e. The Morgan fingerprint density at radius 2 is 2.38 bits per heavy atom. The highest BCUT2D eigenvalue weighted by Gasteiger charge is 2.25. The largest absolute Gasteiger partial charge is 0.337 e. The lowest BCUT2D eigenvalue weighted by Gasteiger charge is -2.19. The summed E-state index contributed by atoms with van der Waals surface area (Å²) in [6.07, 6.45) is 6.55. The van der Waals surface area contributed by atoms with E-state index in [2.05, 4.69) is 22.7 Å². The van der Waals surface area contributed by atoms with Crippen molar-refractivity contribution >= 4 is 11.6 Å². The van der Waals surface area contributed by atoms with Crippen molar-refractivity contribution in [3.63, 3.8) is 0 Å². The fourth-order valence-electron chi connectivity index (χ4n) is 0.948. The first-order valence-electron chi connectivity index (χ1n) is 4.45. The first kappa shape index (κ1) is 10.5. The molecule has 1 aliphatic rings. The topological polar surface area (TPSA) is 46.0 Å². The second-order valence-corrected chi connectivity index (χ2v) is 3.37. The molecule has 1 aliphatic heterocycles. The maximum atomic E-state index is 5.94. The summed E-state index contributed by atoms with van der Waals surface area (Å²) in [5, 5.41) is 6.21. The molecule has 5 heteroatoms. The zero-order valence-corrected chi connectivity index (χ0v) is 8.42. The van der Waals surface area contributed by atoms with Gasteiger partial charge in [-0.3, -0.25) is 5.43 Å². The van der Waals surface area contributed by atoms with Gasteiger partial charge in [0, 0.05) is 12.3 Å². The SMILES string of the molecule is CCCCCOC1(Cl)C=CNN=N1. The summed E-state index contributed by atoms with van der Waals surface area (Å²) in [6.45, 7) is 2.75. The number of hydrogen-bond acceptors (Lipinski definition) is 4. The van der Waals surface area contributed by atoms with E-state index in [0.717, 1.165) is 19.3 Å². The Hall–Kier alpha value is -0.610. The highest BCUT2D eigenvalue weighted by atomic mass is 35.5. The summed E-state index contributed by atoms with van der Waals surface area (Å²) in [7, 11) is 0. The lowest BCUT2D eigenvalue weighted by atomic mass is 10.3. The second-order valence-electron chi connectivity index (χ2n) is 2.83. The molecule has 0 aromatic rings. The molecule has 1 heterocycles. The molecule has 0 aromatic heterocycles. The van der Waals surface area contributed by atoms with Gasteiger partial charge in [-0.25, -0.2) is 0 Å². The minimum absolute atomic E-state index is 0.612. The van der Waals surface area contributed by atoms with E-state index in [1.807, 2.05) is 0 Å². The van der Waals surface area contributed by atoms with Crippen LogP contribution in [0.25, 0.3) is 0 Å². The minimum atomic E-state index is -1.08. The standard InChI is InChI=1S/C8H14ClN3O/c1-2-3-4-7-13-8(9)5-6-10-12-11-8/h5-6H,2-4,7H2,1H3,(H,10,11). The Morgan fingerprint density at radius 3 is 3.00 bits per heavy atom. The zero-order chi connectivity index (χ0) is 9.57. The first-order chi connectivity index (χ1) is 6.27. The van der Waals surface area contributed by atoms with Crippen LogP contribution in [-0.4, -0.2) is 11.8 Å². The van der Waals surface area contributed by atoms with Gasteiger partial charge >= 0.3 is 0 Å². The van der Waals surface area contributed by atoms with Crippen molar-refractivity contribution in [3.05, 3.63) is 12.3 Å². The van der Waals surface area contributed by atoms with Crippen molar-refractivity contribution in [2.45, 2.75) is 31.4 Å². The number of hydrogen-bond donors (Lipinski definition) is 1. The number of nitrogens with one attached hydrogen (secondary N) is 1. The predicted molar refractivity (Wildman–Crippen MR) is 51.2 cm³/mol. The first-order valence-corrected chi connectivity index (χ1v) is 4.82. The number of halogens is 1. The molecule has 0 radical (unpaired) electrons. The Kier molecular flexibility index (Phi) is 4.18. The minimum Gasteiger partial charge on any atom is -0.337 e. The van der Waals surface area contributed by atoms with E-state index >= 15 is 0 Å². The third-order valence-corrected chi connectivity index (χ3v) is 1.97. The molecule has 0 saturated heterocycles. The third kappa shape index (κ3) is 3.74. The summed E-state index contributed by atoms with van der Waals surface area (Å²) in [5.41, 5.74) is 2.55. The van der Waals surface area contributed by atoms with E-state index in [0.29, 0.717) is 6.61 Å². The predicted octanol–water partition coefficient (Wildman–Crippen LogP) is 2.57. The molecule has 13 heavy (non-hydrogen) atoms. The summed E-state index contributed by atoms with van der Waals surface area (Å²) >= 11 is 5.94. The number of unbranched alkanes of at least 4 members (excludes halogenated alkanes) is 2. The van der Waals surface area contributed by atoms with E-state index < -0.39 is 5.18 Å². The number of nitrogens with zero attached hydrogens (tertiary/aromatic N) is 2. The van der Waals surface area contributed by atoms with Crippen LogP contribution < -0.4 is 5.43 Å². The molecule has 0 aliphatic carbocycles. The summed E-state index contributed by atoms with van der Waals surface area (Å²) in [6, 6.07) is 0. The fourth-order valence-corrected chi connectivity index (χ4v) is 1.13. The quantitative estimate of drug-likeness (QED) is 0.424. The highest BCUT2D eigenvalue weighted by molar-refractivity contribution is 6.24. The van der Waals surface area contributed by atoms with E-state index in [9.17, 15) is 0 Å². The van der Waals surface area contributed by atoms with Crippen LogP contribution in [0, 0.1) is 0 Å². The molecule has 1 unspecified atom stereocenters. The van der Waals surface area contributed by atoms with Crippen LogP contribution in [0.15, 0.2) is 22.6 Å². The molecule has 0 saturated carbocycles. The van der Waals surface area contributed by atoms with Crippen LogP contribution in [0.5, 0.6) is 0 Å². The molecule has 0 aromatic carbocycles. The molecule has 74 valence electrons. The van der Waals surface area contributed by atoms with Crippen molar-refractivity contribution in [1.29, 1.82) is 0 Å². The smallest absolute Gasteiger partial charge is 0.279 e. The third-order valence-electron chi connectivity index (χ3n) is 1.66. The van der Waals surface area contributed by atoms with E-state index in [4.69, 9.17) is 16.3 Å². The molecule has 1 rings (SSSR count). The van der Waals surface area contributed by atoms with Crippen molar-refractivity contribution in [3.8, 4) is 0 Å². The zero-order valence-electron chi connectivity index (χ0n) is 7.66. The van der Waals surface area contributed by atoms with Crippen LogP contribution in [0.2, 0.25) is 0 Å². The fraction of sp³-hybridized carbons (Fsp3) is 0.750. The Balaban J connectivity index is 2.22. The van der Waals surface area contributed by atoms with Crippen LogP contribution >= 0.6 is 11.6 Å². The summed E-state index contributed by atoms with van der Waals surface area (Å²) in [5.74, 6) is 0. The van der Waals surface area contributed by atoms with Gasteiger partial charge in [-0.15, -0.1) is 5.11 Å².